The smallest absolute Gasteiger partial charge is 0.276 e. The number of carbonyl (C=O) groups is 1. The van der Waals surface area contributed by atoms with Crippen molar-refractivity contribution in [1.82, 2.24) is 4.90 Å². The molecule has 27 heavy (non-hydrogen) atoms. The fraction of sp³-hybridized carbons (Fsp3) is 0.250. The van der Waals surface area contributed by atoms with E-state index in [1.165, 1.54) is 18.2 Å². The van der Waals surface area contributed by atoms with Crippen LogP contribution >= 0.6 is 0 Å². The van der Waals surface area contributed by atoms with Gasteiger partial charge in [0.05, 0.1) is 21.9 Å². The summed E-state index contributed by atoms with van der Waals surface area (Å²) in [5, 5.41) is 13.9. The van der Waals surface area contributed by atoms with Gasteiger partial charge in [0, 0.05) is 38.3 Å². The highest BCUT2D eigenvalue weighted by molar-refractivity contribution is 6.04. The molecule has 0 bridgehead atoms. The second kappa shape index (κ2) is 8.46. The summed E-state index contributed by atoms with van der Waals surface area (Å²) < 4.78 is 0. The van der Waals surface area contributed by atoms with Gasteiger partial charge in [-0.1, -0.05) is 24.3 Å². The molecule has 140 valence electrons. The Morgan fingerprint density at radius 1 is 1.07 bits per heavy atom. The molecule has 0 saturated carbocycles. The van der Waals surface area contributed by atoms with E-state index in [9.17, 15) is 14.9 Å². The van der Waals surface area contributed by atoms with Crippen molar-refractivity contribution in [2.75, 3.05) is 43.4 Å². The molecule has 7 nitrogen and oxygen atoms in total. The van der Waals surface area contributed by atoms with Gasteiger partial charge in [0.15, 0.2) is 0 Å². The van der Waals surface area contributed by atoms with Crippen LogP contribution in [0.5, 0.6) is 0 Å². The molecule has 1 aliphatic heterocycles. The van der Waals surface area contributed by atoms with E-state index in [2.05, 4.69) is 22.2 Å². The summed E-state index contributed by atoms with van der Waals surface area (Å²) in [7, 11) is 2.10. The van der Waals surface area contributed by atoms with E-state index in [1.807, 2.05) is 24.3 Å². The third-order valence-corrected chi connectivity index (χ3v) is 4.55. The Balaban J connectivity index is 1.73. The largest absolute Gasteiger partial charge is 0.367 e. The van der Waals surface area contributed by atoms with Crippen molar-refractivity contribution in [2.24, 2.45) is 0 Å². The Morgan fingerprint density at radius 2 is 1.74 bits per heavy atom. The Kier molecular flexibility index (Phi) is 5.83. The van der Waals surface area contributed by atoms with Crippen molar-refractivity contribution < 1.29 is 9.72 Å². The number of para-hydroxylation sites is 3. The Labute approximate surface area is 158 Å². The summed E-state index contributed by atoms with van der Waals surface area (Å²) in [4.78, 5) is 27.5. The topological polar surface area (TPSA) is 78.7 Å². The second-order valence-corrected chi connectivity index (χ2v) is 6.45. The zero-order chi connectivity index (χ0) is 19.2. The first kappa shape index (κ1) is 18.6. The van der Waals surface area contributed by atoms with Crippen LogP contribution in [0.2, 0.25) is 0 Å². The van der Waals surface area contributed by atoms with E-state index >= 15 is 0 Å². The van der Waals surface area contributed by atoms with Gasteiger partial charge < -0.3 is 15.1 Å². The van der Waals surface area contributed by atoms with Crippen molar-refractivity contribution in [2.45, 2.75) is 0 Å². The first-order valence-corrected chi connectivity index (χ1v) is 8.79. The van der Waals surface area contributed by atoms with Gasteiger partial charge in [-0.2, -0.15) is 0 Å². The summed E-state index contributed by atoms with van der Waals surface area (Å²) >= 11 is 0. The quantitative estimate of drug-likeness (QED) is 0.500. The lowest BCUT2D eigenvalue weighted by molar-refractivity contribution is -0.385. The molecule has 1 aliphatic rings. The number of anilines is 2. The molecule has 7 heteroatoms. The predicted octanol–water partition coefficient (Wildman–Crippen LogP) is 3.00. The van der Waals surface area contributed by atoms with Gasteiger partial charge in [0.1, 0.15) is 0 Å². The molecule has 0 spiro atoms. The van der Waals surface area contributed by atoms with Crippen molar-refractivity contribution in [3.63, 3.8) is 0 Å². The van der Waals surface area contributed by atoms with Gasteiger partial charge in [-0.15, -0.1) is 0 Å². The molecule has 3 rings (SSSR count). The molecule has 0 atom stereocenters. The van der Waals surface area contributed by atoms with Crippen LogP contribution in [0.3, 0.4) is 0 Å². The molecule has 1 fully saturated rings. The lowest BCUT2D eigenvalue weighted by Crippen LogP contribution is -2.44. The van der Waals surface area contributed by atoms with Crippen molar-refractivity contribution >= 4 is 29.0 Å². The minimum Gasteiger partial charge on any atom is -0.367 e. The molecule has 1 heterocycles. The van der Waals surface area contributed by atoms with Crippen LogP contribution in [0.1, 0.15) is 5.56 Å². The Bertz CT molecular complexity index is 858. The summed E-state index contributed by atoms with van der Waals surface area (Å²) in [5.74, 6) is -0.324. The SMILES string of the molecule is CN1CCN(c2ccccc2NC(=O)/C=C/c2ccccc2[N+](=O)[O-])CC1. The molecule has 2 aromatic rings. The van der Waals surface area contributed by atoms with Crippen molar-refractivity contribution in [1.29, 1.82) is 0 Å². The number of hydrogen-bond donors (Lipinski definition) is 1. The minimum absolute atomic E-state index is 0.0283. The fourth-order valence-corrected chi connectivity index (χ4v) is 3.04. The summed E-state index contributed by atoms with van der Waals surface area (Å²) in [6.45, 7) is 3.74. The lowest BCUT2D eigenvalue weighted by atomic mass is 10.1. The molecule has 0 radical (unpaired) electrons. The van der Waals surface area contributed by atoms with Gasteiger partial charge in [0.2, 0.25) is 5.91 Å². The van der Waals surface area contributed by atoms with E-state index in [0.29, 0.717) is 5.56 Å². The third-order valence-electron chi connectivity index (χ3n) is 4.55. The van der Waals surface area contributed by atoms with Crippen LogP contribution < -0.4 is 10.2 Å². The highest BCUT2D eigenvalue weighted by Gasteiger charge is 2.17. The first-order valence-electron chi connectivity index (χ1n) is 8.79. The average molecular weight is 366 g/mol. The number of rotatable bonds is 5. The van der Waals surface area contributed by atoms with Gasteiger partial charge in [-0.3, -0.25) is 14.9 Å². The van der Waals surface area contributed by atoms with E-state index < -0.39 is 4.92 Å². The third kappa shape index (κ3) is 4.71. The zero-order valence-electron chi connectivity index (χ0n) is 15.2. The standard InChI is InChI=1S/C20H22N4O3/c1-22-12-14-23(15-13-22)19-9-5-3-7-17(19)21-20(25)11-10-16-6-2-4-8-18(16)24(26)27/h2-11H,12-15H2,1H3,(H,21,25)/b11-10+. The van der Waals surface area contributed by atoms with Crippen molar-refractivity contribution in [3.8, 4) is 0 Å². The number of hydrogen-bond acceptors (Lipinski definition) is 5. The molecule has 1 N–H and O–H groups in total. The highest BCUT2D eigenvalue weighted by Crippen LogP contribution is 2.26. The number of carbonyl (C=O) groups excluding carboxylic acids is 1. The maximum Gasteiger partial charge on any atom is 0.276 e. The molecule has 2 aromatic carbocycles. The normalized spacial score (nSPS) is 15.1. The number of piperazine rings is 1. The monoisotopic (exact) mass is 366 g/mol. The van der Waals surface area contributed by atoms with E-state index in [-0.39, 0.29) is 11.6 Å². The lowest BCUT2D eigenvalue weighted by Gasteiger charge is -2.35. The van der Waals surface area contributed by atoms with Gasteiger partial charge in [-0.25, -0.2) is 0 Å². The maximum atomic E-state index is 12.4. The first-order chi connectivity index (χ1) is 13.0. The van der Waals surface area contributed by atoms with Crippen LogP contribution in [0.4, 0.5) is 17.1 Å². The number of nitro benzene ring substituents is 1. The summed E-state index contributed by atoms with van der Waals surface area (Å²) in [5.41, 5.74) is 2.08. The molecule has 1 amide bonds. The number of nitrogens with one attached hydrogen (secondary N) is 1. The molecular weight excluding hydrogens is 344 g/mol. The van der Waals surface area contributed by atoms with Gasteiger partial charge in [0.25, 0.3) is 5.69 Å². The van der Waals surface area contributed by atoms with Crippen LogP contribution in [0.25, 0.3) is 6.08 Å². The van der Waals surface area contributed by atoms with Crippen LogP contribution in [-0.4, -0.2) is 49.0 Å². The van der Waals surface area contributed by atoms with Gasteiger partial charge in [-0.05, 0) is 31.3 Å². The van der Waals surface area contributed by atoms with Crippen LogP contribution in [-0.2, 0) is 4.79 Å². The highest BCUT2D eigenvalue weighted by atomic mass is 16.6. The zero-order valence-corrected chi connectivity index (χ0v) is 15.2. The molecule has 1 saturated heterocycles. The van der Waals surface area contributed by atoms with E-state index in [1.54, 1.807) is 18.2 Å². The second-order valence-electron chi connectivity index (χ2n) is 6.45. The van der Waals surface area contributed by atoms with E-state index in [0.717, 1.165) is 37.6 Å². The summed E-state index contributed by atoms with van der Waals surface area (Å²) in [6.07, 6.45) is 2.79. The molecular formula is C20H22N4O3. The molecule has 0 aromatic heterocycles. The van der Waals surface area contributed by atoms with Gasteiger partial charge >= 0.3 is 0 Å². The Hall–Kier alpha value is -3.19. The number of likely N-dealkylation sites (N-methyl/N-ethyl adjacent to an activating group) is 1. The van der Waals surface area contributed by atoms with Crippen LogP contribution in [0, 0.1) is 10.1 Å². The number of amides is 1. The average Bonchev–Trinajstić information content (AvgIpc) is 2.68. The number of nitro groups is 1. The van der Waals surface area contributed by atoms with E-state index in [4.69, 9.17) is 0 Å². The predicted molar refractivity (Wildman–Crippen MR) is 107 cm³/mol. The minimum atomic E-state index is -0.458. The number of nitrogens with zero attached hydrogens (tertiary/aromatic N) is 3. The molecule has 0 aliphatic carbocycles. The fourth-order valence-electron chi connectivity index (χ4n) is 3.04. The van der Waals surface area contributed by atoms with Crippen molar-refractivity contribution in [3.05, 3.63) is 70.3 Å². The van der Waals surface area contributed by atoms with Crippen LogP contribution in [0.15, 0.2) is 54.6 Å². The molecule has 0 unspecified atom stereocenters. The summed E-state index contributed by atoms with van der Waals surface area (Å²) in [6, 6.07) is 14.0. The number of benzene rings is 2. The Morgan fingerprint density at radius 3 is 2.48 bits per heavy atom. The maximum absolute atomic E-state index is 12.4.